The maximum absolute atomic E-state index is 12.2. The summed E-state index contributed by atoms with van der Waals surface area (Å²) in [7, 11) is 0. The molecule has 2 aromatic rings. The number of aromatic nitrogens is 1. The molecule has 6 nitrogen and oxygen atoms in total. The standard InChI is InChI=1S/C21H22N4O2S2/c1-10(23)19-14-6-3-12(9-22)18(28)17(14)21(29-19)27-16-8-7-15(24-11(16)2)20(26)25-13-4-5-13/h7-9,13H,1,3-6,22-23H2,2H3,(H,25,26). The van der Waals surface area contributed by atoms with Crippen LogP contribution in [-0.4, -0.2) is 21.8 Å². The van der Waals surface area contributed by atoms with E-state index in [0.717, 1.165) is 47.3 Å². The minimum atomic E-state index is -0.156. The molecule has 0 spiro atoms. The van der Waals surface area contributed by atoms with Crippen molar-refractivity contribution in [3.05, 3.63) is 57.9 Å². The number of thiocarbonyl (C=S) groups is 1. The molecule has 0 saturated heterocycles. The van der Waals surface area contributed by atoms with Crippen LogP contribution >= 0.6 is 23.6 Å². The Hall–Kier alpha value is -2.71. The highest BCUT2D eigenvalue weighted by molar-refractivity contribution is 7.81. The van der Waals surface area contributed by atoms with Gasteiger partial charge < -0.3 is 21.5 Å². The second-order valence-corrected chi connectivity index (χ2v) is 8.64. The van der Waals surface area contributed by atoms with Gasteiger partial charge in [0.05, 0.1) is 21.0 Å². The first-order valence-electron chi connectivity index (χ1n) is 9.41. The van der Waals surface area contributed by atoms with Crippen LogP contribution in [0.1, 0.15) is 51.4 Å². The Bertz CT molecular complexity index is 1070. The fraction of sp³-hybridized carbons (Fsp3) is 0.286. The van der Waals surface area contributed by atoms with Gasteiger partial charge in [-0.25, -0.2) is 4.98 Å². The molecular formula is C21H22N4O2S2. The van der Waals surface area contributed by atoms with E-state index in [1.54, 1.807) is 18.3 Å². The summed E-state index contributed by atoms with van der Waals surface area (Å²) in [6, 6.07) is 3.72. The number of carbonyl (C=O) groups excluding carboxylic acids is 1. The highest BCUT2D eigenvalue weighted by atomic mass is 32.1. The van der Waals surface area contributed by atoms with Crippen molar-refractivity contribution in [2.45, 2.75) is 38.6 Å². The Morgan fingerprint density at radius 2 is 2.17 bits per heavy atom. The summed E-state index contributed by atoms with van der Waals surface area (Å²) in [6.07, 6.45) is 5.17. The number of carbonyl (C=O) groups is 1. The van der Waals surface area contributed by atoms with Gasteiger partial charge in [0.1, 0.15) is 11.4 Å². The Labute approximate surface area is 178 Å². The van der Waals surface area contributed by atoms with Gasteiger partial charge in [0.15, 0.2) is 5.06 Å². The Morgan fingerprint density at radius 1 is 1.41 bits per heavy atom. The molecule has 0 aromatic carbocycles. The highest BCUT2D eigenvalue weighted by Gasteiger charge is 2.29. The van der Waals surface area contributed by atoms with E-state index in [1.165, 1.54) is 11.3 Å². The number of rotatable bonds is 5. The number of hydrogen-bond donors (Lipinski definition) is 3. The number of nitrogens with two attached hydrogens (primary N) is 2. The number of aryl methyl sites for hydroxylation is 1. The first-order chi connectivity index (χ1) is 13.9. The highest BCUT2D eigenvalue weighted by Crippen LogP contribution is 2.45. The number of thiophene rings is 1. The van der Waals surface area contributed by atoms with E-state index in [4.69, 9.17) is 28.4 Å². The molecule has 29 heavy (non-hydrogen) atoms. The third kappa shape index (κ3) is 3.77. The van der Waals surface area contributed by atoms with Crippen LogP contribution in [0.5, 0.6) is 10.8 Å². The zero-order valence-corrected chi connectivity index (χ0v) is 17.7. The molecule has 0 radical (unpaired) electrons. The molecule has 0 aliphatic heterocycles. The fourth-order valence-corrected chi connectivity index (χ4v) is 4.86. The minimum absolute atomic E-state index is 0.156. The molecule has 8 heteroatoms. The summed E-state index contributed by atoms with van der Waals surface area (Å²) < 4.78 is 6.20. The normalized spacial score (nSPS) is 17.1. The number of allylic oxidation sites excluding steroid dienone is 1. The lowest BCUT2D eigenvalue weighted by Crippen LogP contribution is -2.26. The summed E-state index contributed by atoms with van der Waals surface area (Å²) >= 11 is 7.08. The molecule has 1 saturated carbocycles. The van der Waals surface area contributed by atoms with Crippen molar-refractivity contribution in [2.24, 2.45) is 11.5 Å². The van der Waals surface area contributed by atoms with Crippen LogP contribution in [0.3, 0.4) is 0 Å². The van der Waals surface area contributed by atoms with Gasteiger partial charge in [-0.3, -0.25) is 4.79 Å². The maximum Gasteiger partial charge on any atom is 0.270 e. The van der Waals surface area contributed by atoms with Crippen LogP contribution in [-0.2, 0) is 6.42 Å². The van der Waals surface area contributed by atoms with Crippen molar-refractivity contribution in [2.75, 3.05) is 0 Å². The average Bonchev–Trinajstić information content (AvgIpc) is 3.42. The minimum Gasteiger partial charge on any atom is -0.444 e. The van der Waals surface area contributed by atoms with Crippen LogP contribution < -0.4 is 21.5 Å². The lowest BCUT2D eigenvalue weighted by molar-refractivity contribution is 0.0946. The zero-order chi connectivity index (χ0) is 20.7. The predicted molar refractivity (Wildman–Crippen MR) is 119 cm³/mol. The van der Waals surface area contributed by atoms with Crippen molar-refractivity contribution in [3.8, 4) is 10.8 Å². The van der Waals surface area contributed by atoms with E-state index in [1.807, 2.05) is 6.92 Å². The van der Waals surface area contributed by atoms with Crippen molar-refractivity contribution in [3.63, 3.8) is 0 Å². The first kappa shape index (κ1) is 19.6. The molecule has 0 bridgehead atoms. The van der Waals surface area contributed by atoms with Crippen molar-refractivity contribution < 1.29 is 9.53 Å². The number of nitrogens with one attached hydrogen (secondary N) is 1. The number of pyridine rings is 1. The van der Waals surface area contributed by atoms with E-state index < -0.39 is 0 Å². The van der Waals surface area contributed by atoms with Gasteiger partial charge in [0.2, 0.25) is 0 Å². The van der Waals surface area contributed by atoms with Gasteiger partial charge in [0.25, 0.3) is 5.91 Å². The molecule has 2 aliphatic rings. The lowest BCUT2D eigenvalue weighted by atomic mass is 9.89. The van der Waals surface area contributed by atoms with Crippen LogP contribution in [0, 0.1) is 6.92 Å². The molecule has 1 fully saturated rings. The van der Waals surface area contributed by atoms with Crippen LogP contribution in [0.15, 0.2) is 30.5 Å². The van der Waals surface area contributed by atoms with Crippen molar-refractivity contribution in [1.82, 2.24) is 10.3 Å². The molecule has 0 atom stereocenters. The first-order valence-corrected chi connectivity index (χ1v) is 10.6. The van der Waals surface area contributed by atoms with Crippen molar-refractivity contribution in [1.29, 1.82) is 0 Å². The molecule has 2 heterocycles. The van der Waals surface area contributed by atoms with Gasteiger partial charge >= 0.3 is 0 Å². The van der Waals surface area contributed by atoms with Gasteiger partial charge in [0, 0.05) is 11.7 Å². The Kier molecular flexibility index (Phi) is 5.14. The topological polar surface area (TPSA) is 103 Å². The summed E-state index contributed by atoms with van der Waals surface area (Å²) in [5.74, 6) is 0.411. The number of hydrogen-bond acceptors (Lipinski definition) is 7. The van der Waals surface area contributed by atoms with Gasteiger partial charge in [-0.2, -0.15) is 0 Å². The number of amides is 1. The summed E-state index contributed by atoms with van der Waals surface area (Å²) in [4.78, 5) is 18.2. The van der Waals surface area contributed by atoms with Crippen LogP contribution in [0.25, 0.3) is 5.70 Å². The second kappa shape index (κ2) is 7.61. The van der Waals surface area contributed by atoms with Gasteiger partial charge in [-0.1, -0.05) is 30.1 Å². The van der Waals surface area contributed by atoms with Gasteiger partial charge in [-0.05, 0) is 62.1 Å². The predicted octanol–water partition coefficient (Wildman–Crippen LogP) is 3.57. The van der Waals surface area contributed by atoms with E-state index in [9.17, 15) is 4.79 Å². The van der Waals surface area contributed by atoms with Crippen LogP contribution in [0.2, 0.25) is 0 Å². The van der Waals surface area contributed by atoms with E-state index in [2.05, 4.69) is 16.9 Å². The maximum atomic E-state index is 12.2. The number of ether oxygens (including phenoxy) is 1. The quantitative estimate of drug-likeness (QED) is 0.499. The third-order valence-corrected chi connectivity index (χ3v) is 6.67. The monoisotopic (exact) mass is 426 g/mol. The Morgan fingerprint density at radius 3 is 2.79 bits per heavy atom. The van der Waals surface area contributed by atoms with E-state index >= 15 is 0 Å². The molecule has 2 aromatic heterocycles. The fourth-order valence-electron chi connectivity index (χ4n) is 3.30. The molecular weight excluding hydrogens is 404 g/mol. The number of nitrogens with zero attached hydrogens (tertiary/aromatic N) is 1. The van der Waals surface area contributed by atoms with Gasteiger partial charge in [-0.15, -0.1) is 0 Å². The SMILES string of the molecule is C=C(N)c1sc(Oc2ccc(C(=O)NC3CC3)nc2C)c2c1CCC(=CN)C2=S. The van der Waals surface area contributed by atoms with E-state index in [-0.39, 0.29) is 11.9 Å². The average molecular weight is 427 g/mol. The summed E-state index contributed by atoms with van der Waals surface area (Å²) in [5, 5.41) is 3.59. The smallest absolute Gasteiger partial charge is 0.270 e. The molecule has 4 rings (SSSR count). The molecule has 1 amide bonds. The second-order valence-electron chi connectivity index (χ2n) is 7.25. The molecule has 0 unspecified atom stereocenters. The third-order valence-electron chi connectivity index (χ3n) is 5.02. The largest absolute Gasteiger partial charge is 0.444 e. The van der Waals surface area contributed by atoms with E-state index in [0.29, 0.717) is 32.8 Å². The van der Waals surface area contributed by atoms with Crippen LogP contribution in [0.4, 0.5) is 0 Å². The molecule has 2 aliphatic carbocycles. The summed E-state index contributed by atoms with van der Waals surface area (Å²) in [6.45, 7) is 5.70. The lowest BCUT2D eigenvalue weighted by Gasteiger charge is -2.18. The summed E-state index contributed by atoms with van der Waals surface area (Å²) in [5.41, 5.74) is 16.1. The molecule has 5 N–H and O–H groups in total. The number of fused-ring (bicyclic) bond motifs is 1. The van der Waals surface area contributed by atoms with Crippen molar-refractivity contribution >= 4 is 40.0 Å². The molecule has 150 valence electrons. The zero-order valence-electron chi connectivity index (χ0n) is 16.1. The Balaban J connectivity index is 1.67.